The molecule has 1 amide bonds. The van der Waals surface area contributed by atoms with Gasteiger partial charge in [0.1, 0.15) is 0 Å². The van der Waals surface area contributed by atoms with Gasteiger partial charge in [0.25, 0.3) is 0 Å². The van der Waals surface area contributed by atoms with Crippen molar-refractivity contribution in [2.45, 2.75) is 26.4 Å². The number of halogens is 3. The molecule has 4 nitrogen and oxygen atoms in total. The monoisotopic (exact) mass is 289 g/mol. The van der Waals surface area contributed by atoms with Gasteiger partial charge in [-0.2, -0.15) is 13.2 Å². The number of alkyl halides is 3. The van der Waals surface area contributed by atoms with E-state index in [1.54, 1.807) is 13.8 Å². The Morgan fingerprint density at radius 1 is 1.35 bits per heavy atom. The van der Waals surface area contributed by atoms with E-state index in [4.69, 9.17) is 5.11 Å². The average Bonchev–Trinajstić information content (AvgIpc) is 2.36. The second-order valence-electron chi connectivity index (χ2n) is 4.36. The minimum Gasteiger partial charge on any atom is -0.478 e. The van der Waals surface area contributed by atoms with E-state index >= 15 is 0 Å². The van der Waals surface area contributed by atoms with Crippen LogP contribution in [0.1, 0.15) is 36.2 Å². The van der Waals surface area contributed by atoms with Crippen LogP contribution in [-0.2, 0) is 11.0 Å². The van der Waals surface area contributed by atoms with Gasteiger partial charge in [-0.1, -0.05) is 13.8 Å². The van der Waals surface area contributed by atoms with Gasteiger partial charge in [0.15, 0.2) is 0 Å². The van der Waals surface area contributed by atoms with Crippen LogP contribution in [0.2, 0.25) is 0 Å². The van der Waals surface area contributed by atoms with Gasteiger partial charge in [0.2, 0.25) is 5.91 Å². The van der Waals surface area contributed by atoms with E-state index in [1.165, 1.54) is 0 Å². The Bertz CT molecular complexity index is 526. The van der Waals surface area contributed by atoms with Crippen molar-refractivity contribution in [1.82, 2.24) is 0 Å². The summed E-state index contributed by atoms with van der Waals surface area (Å²) < 4.78 is 37.6. The predicted molar refractivity (Wildman–Crippen MR) is 66.5 cm³/mol. The summed E-state index contributed by atoms with van der Waals surface area (Å²) >= 11 is 0. The third kappa shape index (κ3) is 3.72. The molecule has 0 heterocycles. The molecule has 0 aromatic heterocycles. The molecule has 110 valence electrons. The van der Waals surface area contributed by atoms with Crippen LogP contribution in [0.5, 0.6) is 0 Å². The molecule has 1 atom stereocenters. The summed E-state index contributed by atoms with van der Waals surface area (Å²) in [5, 5.41) is 11.3. The summed E-state index contributed by atoms with van der Waals surface area (Å²) in [5.41, 5.74) is -1.80. The molecule has 0 saturated heterocycles. The van der Waals surface area contributed by atoms with Crippen LogP contribution < -0.4 is 5.32 Å². The number of nitrogens with one attached hydrogen (secondary N) is 1. The molecule has 1 aromatic rings. The standard InChI is InChI=1S/C13H14F3NO3/c1-3-7(2)11(18)17-10-5-4-8(13(14,15)16)6-9(10)12(19)20/h4-7H,3H2,1-2H3,(H,17,18)(H,19,20). The fourth-order valence-electron chi connectivity index (χ4n) is 1.45. The van der Waals surface area contributed by atoms with Crippen LogP contribution in [0.15, 0.2) is 18.2 Å². The molecule has 0 saturated carbocycles. The number of carboxylic acids is 1. The Kier molecular flexibility index (Phi) is 4.75. The Hall–Kier alpha value is -2.05. The summed E-state index contributed by atoms with van der Waals surface area (Å²) in [4.78, 5) is 22.7. The van der Waals surface area contributed by atoms with Gasteiger partial charge < -0.3 is 10.4 Å². The highest BCUT2D eigenvalue weighted by atomic mass is 19.4. The SMILES string of the molecule is CCC(C)C(=O)Nc1ccc(C(F)(F)F)cc1C(=O)O. The average molecular weight is 289 g/mol. The van der Waals surface area contributed by atoms with E-state index in [2.05, 4.69) is 5.32 Å². The van der Waals surface area contributed by atoms with Gasteiger partial charge >= 0.3 is 12.1 Å². The zero-order valence-electron chi connectivity index (χ0n) is 10.9. The molecule has 0 radical (unpaired) electrons. The lowest BCUT2D eigenvalue weighted by Crippen LogP contribution is -2.21. The van der Waals surface area contributed by atoms with Crippen molar-refractivity contribution in [3.63, 3.8) is 0 Å². The zero-order valence-corrected chi connectivity index (χ0v) is 10.9. The largest absolute Gasteiger partial charge is 0.478 e. The highest BCUT2D eigenvalue weighted by Crippen LogP contribution is 2.32. The Morgan fingerprint density at radius 3 is 2.40 bits per heavy atom. The molecule has 20 heavy (non-hydrogen) atoms. The van der Waals surface area contributed by atoms with E-state index < -0.39 is 29.2 Å². The maximum absolute atomic E-state index is 12.5. The number of aromatic carboxylic acids is 1. The third-order valence-corrected chi connectivity index (χ3v) is 2.90. The molecule has 1 rings (SSSR count). The van der Waals surface area contributed by atoms with E-state index in [1.807, 2.05) is 0 Å². The molecule has 0 spiro atoms. The Morgan fingerprint density at radius 2 is 1.95 bits per heavy atom. The quantitative estimate of drug-likeness (QED) is 0.892. The van der Waals surface area contributed by atoms with Crippen molar-refractivity contribution in [3.8, 4) is 0 Å². The fourth-order valence-corrected chi connectivity index (χ4v) is 1.45. The van der Waals surface area contributed by atoms with Gasteiger partial charge in [0.05, 0.1) is 16.8 Å². The van der Waals surface area contributed by atoms with E-state index in [0.29, 0.717) is 12.5 Å². The molecule has 7 heteroatoms. The Labute approximate surface area is 113 Å². The molecule has 0 aliphatic heterocycles. The summed E-state index contributed by atoms with van der Waals surface area (Å²) in [6.45, 7) is 3.41. The highest BCUT2D eigenvalue weighted by Gasteiger charge is 2.32. The molecule has 0 bridgehead atoms. The lowest BCUT2D eigenvalue weighted by atomic mass is 10.1. The molecule has 2 N–H and O–H groups in total. The van der Waals surface area contributed by atoms with Crippen LogP contribution >= 0.6 is 0 Å². The second-order valence-corrected chi connectivity index (χ2v) is 4.36. The van der Waals surface area contributed by atoms with Crippen molar-refractivity contribution in [2.75, 3.05) is 5.32 Å². The molecule has 1 aromatic carbocycles. The van der Waals surface area contributed by atoms with E-state index in [9.17, 15) is 22.8 Å². The molecule has 1 unspecified atom stereocenters. The van der Waals surface area contributed by atoms with Gasteiger partial charge in [0, 0.05) is 5.92 Å². The number of amides is 1. The number of benzene rings is 1. The molecule has 0 fully saturated rings. The first-order chi connectivity index (χ1) is 9.16. The van der Waals surface area contributed by atoms with Gasteiger partial charge in [-0.25, -0.2) is 4.79 Å². The zero-order chi connectivity index (χ0) is 15.5. The predicted octanol–water partition coefficient (Wildman–Crippen LogP) is 3.39. The number of carbonyl (C=O) groups excluding carboxylic acids is 1. The van der Waals surface area contributed by atoms with Gasteiger partial charge in [-0.05, 0) is 24.6 Å². The number of hydrogen-bond acceptors (Lipinski definition) is 2. The molecular weight excluding hydrogens is 275 g/mol. The number of hydrogen-bond donors (Lipinski definition) is 2. The first-order valence-electron chi connectivity index (χ1n) is 5.92. The summed E-state index contributed by atoms with van der Waals surface area (Å²) in [6, 6.07) is 2.19. The minimum absolute atomic E-state index is 0.143. The number of carboxylic acid groups (broad SMARTS) is 1. The van der Waals surface area contributed by atoms with E-state index in [-0.39, 0.29) is 11.6 Å². The van der Waals surface area contributed by atoms with Gasteiger partial charge in [-0.15, -0.1) is 0 Å². The first-order valence-corrected chi connectivity index (χ1v) is 5.92. The topological polar surface area (TPSA) is 66.4 Å². The lowest BCUT2D eigenvalue weighted by molar-refractivity contribution is -0.137. The minimum atomic E-state index is -4.64. The fraction of sp³-hybridized carbons (Fsp3) is 0.385. The van der Waals surface area contributed by atoms with Crippen LogP contribution in [0, 0.1) is 5.92 Å². The number of anilines is 1. The molecule has 0 aliphatic carbocycles. The van der Waals surface area contributed by atoms with Crippen molar-refractivity contribution in [3.05, 3.63) is 29.3 Å². The van der Waals surface area contributed by atoms with Crippen molar-refractivity contribution in [1.29, 1.82) is 0 Å². The smallest absolute Gasteiger partial charge is 0.416 e. The van der Waals surface area contributed by atoms with Crippen LogP contribution in [0.25, 0.3) is 0 Å². The summed E-state index contributed by atoms with van der Waals surface area (Å²) in [5.74, 6) is -2.33. The highest BCUT2D eigenvalue weighted by molar-refractivity contribution is 6.01. The van der Waals surface area contributed by atoms with E-state index in [0.717, 1.165) is 12.1 Å². The van der Waals surface area contributed by atoms with Crippen molar-refractivity contribution in [2.24, 2.45) is 5.92 Å². The maximum atomic E-state index is 12.5. The van der Waals surface area contributed by atoms with Crippen molar-refractivity contribution >= 4 is 17.6 Å². The summed E-state index contributed by atoms with van der Waals surface area (Å²) in [6.07, 6.45) is -4.10. The normalized spacial score (nSPS) is 12.8. The third-order valence-electron chi connectivity index (χ3n) is 2.90. The Balaban J connectivity index is 3.15. The second kappa shape index (κ2) is 5.94. The maximum Gasteiger partial charge on any atom is 0.416 e. The van der Waals surface area contributed by atoms with Crippen LogP contribution in [0.4, 0.5) is 18.9 Å². The van der Waals surface area contributed by atoms with Crippen molar-refractivity contribution < 1.29 is 27.9 Å². The summed E-state index contributed by atoms with van der Waals surface area (Å²) in [7, 11) is 0. The van der Waals surface area contributed by atoms with Crippen LogP contribution in [0.3, 0.4) is 0 Å². The lowest BCUT2D eigenvalue weighted by Gasteiger charge is -2.14. The number of rotatable bonds is 4. The molecule has 0 aliphatic rings. The number of carbonyl (C=O) groups is 2. The molecular formula is C13H14F3NO3. The first kappa shape index (κ1) is 16.0. The van der Waals surface area contributed by atoms with Crippen LogP contribution in [-0.4, -0.2) is 17.0 Å². The van der Waals surface area contributed by atoms with Gasteiger partial charge in [-0.3, -0.25) is 4.79 Å².